The van der Waals surface area contributed by atoms with Crippen LogP contribution in [0.15, 0.2) is 18.2 Å². The minimum Gasteiger partial charge on any atom is -0.466 e. The summed E-state index contributed by atoms with van der Waals surface area (Å²) in [6.07, 6.45) is 0.703. The molecule has 1 heterocycles. The van der Waals surface area contributed by atoms with Crippen molar-refractivity contribution in [2.45, 2.75) is 20.3 Å². The highest BCUT2D eigenvalue weighted by Gasteiger charge is 2.08. The van der Waals surface area contributed by atoms with Crippen molar-refractivity contribution in [2.75, 3.05) is 12.3 Å². The Bertz CT molecular complexity index is 558. The fourth-order valence-electron chi connectivity index (χ4n) is 2.02. The number of hydrogen-bond acceptors (Lipinski definition) is 3. The Morgan fingerprint density at radius 1 is 1.47 bits per heavy atom. The van der Waals surface area contributed by atoms with Gasteiger partial charge in [0.2, 0.25) is 0 Å². The number of H-pyrrole nitrogens is 1. The van der Waals surface area contributed by atoms with Crippen LogP contribution in [0.2, 0.25) is 0 Å². The molecule has 0 unspecified atom stereocenters. The van der Waals surface area contributed by atoms with Crippen LogP contribution in [0.4, 0.5) is 5.69 Å². The lowest BCUT2D eigenvalue weighted by molar-refractivity contribution is -0.140. The number of anilines is 1. The molecule has 0 saturated heterocycles. The molecule has 0 atom stereocenters. The maximum Gasteiger partial charge on any atom is 0.302 e. The molecule has 17 heavy (non-hydrogen) atoms. The Morgan fingerprint density at radius 2 is 2.24 bits per heavy atom. The van der Waals surface area contributed by atoms with E-state index in [0.29, 0.717) is 13.0 Å². The van der Waals surface area contributed by atoms with Gasteiger partial charge in [0.25, 0.3) is 0 Å². The number of esters is 1. The average molecular weight is 232 g/mol. The van der Waals surface area contributed by atoms with Crippen LogP contribution in [0, 0.1) is 6.92 Å². The van der Waals surface area contributed by atoms with Gasteiger partial charge in [0.05, 0.1) is 6.61 Å². The molecule has 4 nitrogen and oxygen atoms in total. The molecule has 0 amide bonds. The summed E-state index contributed by atoms with van der Waals surface area (Å²) in [6, 6.07) is 5.78. The monoisotopic (exact) mass is 232 g/mol. The van der Waals surface area contributed by atoms with E-state index in [9.17, 15) is 4.79 Å². The quantitative estimate of drug-likeness (QED) is 0.629. The van der Waals surface area contributed by atoms with Crippen molar-refractivity contribution in [1.29, 1.82) is 0 Å². The number of nitrogens with two attached hydrogens (primary N) is 1. The lowest BCUT2D eigenvalue weighted by atomic mass is 10.1. The van der Waals surface area contributed by atoms with Gasteiger partial charge in [0, 0.05) is 35.6 Å². The number of benzene rings is 1. The second-order valence-corrected chi connectivity index (χ2v) is 4.12. The fraction of sp³-hybridized carbons (Fsp3) is 0.308. The topological polar surface area (TPSA) is 68.1 Å². The minimum absolute atomic E-state index is 0.248. The number of nitrogens with one attached hydrogen (secondary N) is 1. The summed E-state index contributed by atoms with van der Waals surface area (Å²) in [5.41, 5.74) is 9.84. The number of fused-ring (bicyclic) bond motifs is 1. The lowest BCUT2D eigenvalue weighted by Crippen LogP contribution is -2.03. The van der Waals surface area contributed by atoms with Crippen LogP contribution in [0.3, 0.4) is 0 Å². The van der Waals surface area contributed by atoms with Gasteiger partial charge >= 0.3 is 5.97 Å². The smallest absolute Gasteiger partial charge is 0.302 e. The number of aryl methyl sites for hydroxylation is 1. The van der Waals surface area contributed by atoms with E-state index < -0.39 is 0 Å². The number of hydrogen-bond donors (Lipinski definition) is 2. The van der Waals surface area contributed by atoms with Crippen LogP contribution in [-0.2, 0) is 16.0 Å². The van der Waals surface area contributed by atoms with Crippen LogP contribution >= 0.6 is 0 Å². The predicted molar refractivity (Wildman–Crippen MR) is 67.8 cm³/mol. The molecule has 0 fully saturated rings. The summed E-state index contributed by atoms with van der Waals surface area (Å²) < 4.78 is 4.97. The van der Waals surface area contributed by atoms with Crippen molar-refractivity contribution < 1.29 is 9.53 Å². The average Bonchev–Trinajstić information content (AvgIpc) is 2.55. The molecule has 0 aliphatic carbocycles. The number of carbonyl (C=O) groups is 1. The lowest BCUT2D eigenvalue weighted by Gasteiger charge is -2.03. The Morgan fingerprint density at radius 3 is 2.94 bits per heavy atom. The summed E-state index contributed by atoms with van der Waals surface area (Å²) in [6.45, 7) is 3.83. The number of carbonyl (C=O) groups excluding carboxylic acids is 1. The van der Waals surface area contributed by atoms with E-state index in [1.807, 2.05) is 25.1 Å². The van der Waals surface area contributed by atoms with Gasteiger partial charge in [-0.2, -0.15) is 0 Å². The molecular formula is C13H16N2O2. The number of aromatic nitrogens is 1. The van der Waals surface area contributed by atoms with E-state index in [2.05, 4.69) is 4.98 Å². The molecular weight excluding hydrogens is 216 g/mol. The first-order valence-corrected chi connectivity index (χ1v) is 5.58. The zero-order valence-electron chi connectivity index (χ0n) is 10.0. The third-order valence-electron chi connectivity index (χ3n) is 2.80. The molecule has 0 aliphatic rings. The molecule has 2 rings (SSSR count). The van der Waals surface area contributed by atoms with Crippen molar-refractivity contribution >= 4 is 22.6 Å². The van der Waals surface area contributed by atoms with Crippen molar-refractivity contribution in [1.82, 2.24) is 4.98 Å². The summed E-state index contributed by atoms with van der Waals surface area (Å²) in [4.78, 5) is 14.0. The Balaban J connectivity index is 2.28. The van der Waals surface area contributed by atoms with Gasteiger partial charge < -0.3 is 15.5 Å². The molecule has 1 aromatic carbocycles. The van der Waals surface area contributed by atoms with Crippen LogP contribution in [0.5, 0.6) is 0 Å². The van der Waals surface area contributed by atoms with E-state index in [1.54, 1.807) is 0 Å². The highest BCUT2D eigenvalue weighted by molar-refractivity contribution is 5.87. The third-order valence-corrected chi connectivity index (χ3v) is 2.80. The van der Waals surface area contributed by atoms with E-state index in [1.165, 1.54) is 6.92 Å². The van der Waals surface area contributed by atoms with Gasteiger partial charge in [0.15, 0.2) is 0 Å². The summed E-state index contributed by atoms with van der Waals surface area (Å²) in [5, 5.41) is 1.11. The summed E-state index contributed by atoms with van der Waals surface area (Å²) in [7, 11) is 0. The SMILES string of the molecule is CC(=O)OCCc1c(C)[nH]c2ccc(N)cc12. The van der Waals surface area contributed by atoms with Gasteiger partial charge in [-0.25, -0.2) is 0 Å². The van der Waals surface area contributed by atoms with E-state index >= 15 is 0 Å². The molecule has 2 aromatic rings. The molecule has 4 heteroatoms. The first kappa shape index (κ1) is 11.5. The molecule has 90 valence electrons. The molecule has 0 radical (unpaired) electrons. The molecule has 0 aliphatic heterocycles. The maximum atomic E-state index is 10.7. The van der Waals surface area contributed by atoms with Crippen molar-refractivity contribution in [2.24, 2.45) is 0 Å². The Hall–Kier alpha value is -1.97. The largest absolute Gasteiger partial charge is 0.466 e. The predicted octanol–water partition coefficient (Wildman–Crippen LogP) is 2.16. The molecule has 0 spiro atoms. The number of ether oxygens (including phenoxy) is 1. The van der Waals surface area contributed by atoms with Gasteiger partial charge in [-0.1, -0.05) is 0 Å². The van der Waals surface area contributed by atoms with Crippen molar-refractivity contribution in [3.8, 4) is 0 Å². The molecule has 0 bridgehead atoms. The Labute approximate surface area is 99.8 Å². The highest BCUT2D eigenvalue weighted by atomic mass is 16.5. The van der Waals surface area contributed by atoms with Crippen LogP contribution in [-0.4, -0.2) is 17.6 Å². The van der Waals surface area contributed by atoms with E-state index in [-0.39, 0.29) is 5.97 Å². The summed E-state index contributed by atoms with van der Waals surface area (Å²) >= 11 is 0. The van der Waals surface area contributed by atoms with E-state index in [4.69, 9.17) is 10.5 Å². The normalized spacial score (nSPS) is 10.7. The molecule has 0 saturated carbocycles. The fourth-order valence-corrected chi connectivity index (χ4v) is 2.02. The zero-order chi connectivity index (χ0) is 12.4. The number of aromatic amines is 1. The third kappa shape index (κ3) is 2.41. The second-order valence-electron chi connectivity index (χ2n) is 4.12. The zero-order valence-corrected chi connectivity index (χ0v) is 10.0. The van der Waals surface area contributed by atoms with Gasteiger partial charge in [-0.15, -0.1) is 0 Å². The number of nitrogen functional groups attached to an aromatic ring is 1. The van der Waals surface area contributed by atoms with Crippen molar-refractivity contribution in [3.63, 3.8) is 0 Å². The van der Waals surface area contributed by atoms with Crippen LogP contribution < -0.4 is 5.73 Å². The summed E-state index contributed by atoms with van der Waals surface area (Å²) in [5.74, 6) is -0.248. The first-order chi connectivity index (χ1) is 8.08. The maximum absolute atomic E-state index is 10.7. The van der Waals surface area contributed by atoms with Gasteiger partial charge in [-0.05, 0) is 30.7 Å². The van der Waals surface area contributed by atoms with Crippen LogP contribution in [0.25, 0.3) is 10.9 Å². The second kappa shape index (κ2) is 4.49. The van der Waals surface area contributed by atoms with Gasteiger partial charge in [-0.3, -0.25) is 4.79 Å². The number of rotatable bonds is 3. The standard InChI is InChI=1S/C13H16N2O2/c1-8-11(5-6-17-9(2)16)12-7-10(14)3-4-13(12)15-8/h3-4,7,15H,5-6,14H2,1-2H3. The van der Waals surface area contributed by atoms with Crippen molar-refractivity contribution in [3.05, 3.63) is 29.5 Å². The first-order valence-electron chi connectivity index (χ1n) is 5.58. The molecule has 3 N–H and O–H groups in total. The van der Waals surface area contributed by atoms with E-state index in [0.717, 1.165) is 27.8 Å². The molecule has 1 aromatic heterocycles. The Kier molecular flexibility index (Phi) is 3.04. The van der Waals surface area contributed by atoms with Gasteiger partial charge in [0.1, 0.15) is 0 Å². The highest BCUT2D eigenvalue weighted by Crippen LogP contribution is 2.24. The van der Waals surface area contributed by atoms with Crippen LogP contribution in [0.1, 0.15) is 18.2 Å². The minimum atomic E-state index is -0.248.